The summed E-state index contributed by atoms with van der Waals surface area (Å²) in [5, 5.41) is 10.1. The van der Waals surface area contributed by atoms with E-state index in [0.29, 0.717) is 18.2 Å². The molecule has 1 amide bonds. The van der Waals surface area contributed by atoms with Gasteiger partial charge in [0.2, 0.25) is 0 Å². The van der Waals surface area contributed by atoms with Gasteiger partial charge in [-0.05, 0) is 47.4 Å². The first-order valence-corrected chi connectivity index (χ1v) is 9.36. The Morgan fingerprint density at radius 2 is 1.96 bits per heavy atom. The van der Waals surface area contributed by atoms with E-state index < -0.39 is 0 Å². The maximum Gasteiger partial charge on any atom is 0.326 e. The molecule has 2 radical (unpaired) electrons. The van der Waals surface area contributed by atoms with Crippen molar-refractivity contribution in [2.24, 2.45) is 5.73 Å². The molecule has 0 bridgehead atoms. The molecule has 3 aromatic rings. The van der Waals surface area contributed by atoms with Crippen molar-refractivity contribution in [1.29, 1.82) is 0 Å². The van der Waals surface area contributed by atoms with Crippen LogP contribution in [0.2, 0.25) is 0 Å². The number of rotatable bonds is 4. The summed E-state index contributed by atoms with van der Waals surface area (Å²) >= 11 is 0. The zero-order chi connectivity index (χ0) is 18.8. The van der Waals surface area contributed by atoms with Crippen LogP contribution in [0.25, 0.3) is 10.9 Å². The Hall–Kier alpha value is -1.31. The average molecular weight is 525 g/mol. The number of nitrogens with two attached hydrogens (primary N) is 1. The van der Waals surface area contributed by atoms with E-state index in [2.05, 4.69) is 29.2 Å². The maximum atomic E-state index is 12.9. The molecule has 0 saturated carbocycles. The van der Waals surface area contributed by atoms with Crippen molar-refractivity contribution in [3.63, 3.8) is 0 Å². The van der Waals surface area contributed by atoms with Crippen LogP contribution in [-0.2, 0) is 6.54 Å². The molecule has 1 aromatic heterocycles. The van der Waals surface area contributed by atoms with Crippen molar-refractivity contribution in [1.82, 2.24) is 9.88 Å². The number of carbonyl (C=O) groups excluding carboxylic acids is 1. The third kappa shape index (κ3) is 4.47. The van der Waals surface area contributed by atoms with Crippen LogP contribution < -0.4 is 11.2 Å². The number of H-pyrrole nitrogens is 1. The number of fused-ring (bicyclic) bond motifs is 1. The summed E-state index contributed by atoms with van der Waals surface area (Å²) in [6.45, 7) is 2.06. The van der Waals surface area contributed by atoms with Crippen LogP contribution in [0.1, 0.15) is 40.4 Å². The summed E-state index contributed by atoms with van der Waals surface area (Å²) in [7, 11) is 1.07. The molecule has 0 unspecified atom stereocenters. The van der Waals surface area contributed by atoms with E-state index in [0.717, 1.165) is 55.3 Å². The molecule has 28 heavy (non-hydrogen) atoms. The minimum Gasteiger partial charge on any atom is -0.450 e. The number of piperidine rings is 1. The summed E-state index contributed by atoms with van der Waals surface area (Å²) < 4.78 is 0. The minimum atomic E-state index is 0. The van der Waals surface area contributed by atoms with Gasteiger partial charge < -0.3 is 20.6 Å². The van der Waals surface area contributed by atoms with E-state index in [-0.39, 0.29) is 43.6 Å². The van der Waals surface area contributed by atoms with Crippen LogP contribution in [0.5, 0.6) is 0 Å². The van der Waals surface area contributed by atoms with Crippen LogP contribution in [0.3, 0.4) is 0 Å². The summed E-state index contributed by atoms with van der Waals surface area (Å²) in [6.07, 6.45) is 1.92. The van der Waals surface area contributed by atoms with Gasteiger partial charge in [-0.15, -0.1) is 0 Å². The summed E-state index contributed by atoms with van der Waals surface area (Å²) in [5.41, 5.74) is 10.5. The summed E-state index contributed by atoms with van der Waals surface area (Å²) in [5.74, 6) is 0.515. The second-order valence-corrected chi connectivity index (χ2v) is 7.17. The molecule has 4 N–H and O–H groups in total. The summed E-state index contributed by atoms with van der Waals surface area (Å²) in [4.78, 5) is 18.0. The molecule has 4 rings (SSSR count). The average Bonchev–Trinajstić information content (AvgIpc) is 3.16. The van der Waals surface area contributed by atoms with Crippen LogP contribution in [0.4, 0.5) is 0 Å². The predicted octanol–water partition coefficient (Wildman–Crippen LogP) is 1.88. The number of carbonyl (C=O) groups is 1. The van der Waals surface area contributed by atoms with Gasteiger partial charge in [-0.25, -0.2) is 0 Å². The number of amides is 1. The quantitative estimate of drug-likeness (QED) is 0.456. The van der Waals surface area contributed by atoms with E-state index in [1.165, 1.54) is 5.56 Å². The molecular weight excluding hydrogens is 502 g/mol. The molecule has 1 aliphatic rings. The molecule has 0 aliphatic carbocycles. The zero-order valence-corrected chi connectivity index (χ0v) is 17.4. The Morgan fingerprint density at radius 1 is 1.18 bits per heavy atom. The predicted molar refractivity (Wildman–Crippen MR) is 108 cm³/mol. The number of aromatic amines is 1. The van der Waals surface area contributed by atoms with Crippen molar-refractivity contribution in [3.05, 3.63) is 65.4 Å². The zero-order valence-electron chi connectivity index (χ0n) is 15.5. The Morgan fingerprint density at radius 3 is 2.68 bits per heavy atom. The van der Waals surface area contributed by atoms with E-state index >= 15 is 0 Å². The molecule has 2 heterocycles. The van der Waals surface area contributed by atoms with Crippen LogP contribution in [0, 0.1) is 37.7 Å². The van der Waals surface area contributed by atoms with Crippen LogP contribution in [-0.4, -0.2) is 41.4 Å². The molecule has 148 valence electrons. The molecule has 0 atom stereocenters. The van der Waals surface area contributed by atoms with Gasteiger partial charge in [0.1, 0.15) is 5.69 Å². The van der Waals surface area contributed by atoms with Gasteiger partial charge in [-0.1, -0.05) is 41.9 Å². The fourth-order valence-electron chi connectivity index (χ4n) is 3.91. The fourth-order valence-corrected chi connectivity index (χ4v) is 3.91. The third-order valence-corrected chi connectivity index (χ3v) is 5.46. The molecule has 1 saturated heterocycles. The van der Waals surface area contributed by atoms with Gasteiger partial charge in [0.05, 0.1) is 0 Å². The van der Waals surface area contributed by atoms with Crippen molar-refractivity contribution in [2.45, 2.75) is 25.3 Å². The maximum absolute atomic E-state index is 12.9. The van der Waals surface area contributed by atoms with E-state index in [9.17, 15) is 4.79 Å². The molecule has 2 aromatic carbocycles. The Labute approximate surface area is 195 Å². The number of hydrogen-bond acceptors (Lipinski definition) is 3. The van der Waals surface area contributed by atoms with Gasteiger partial charge in [0, 0.05) is 62.9 Å². The molecule has 7 heteroatoms. The van der Waals surface area contributed by atoms with E-state index in [4.69, 9.17) is 10.8 Å². The SMILES string of the molecule is NCc1cccc(C2CCN(C(=O)c3cc4cc([B]O)ccc4[nH]3)CC2)c1.[Ho]. The topological polar surface area (TPSA) is 82.3 Å². The molecule has 0 spiro atoms. The molecule has 5 nitrogen and oxygen atoms in total. The Kier molecular flexibility index (Phi) is 7.23. The second kappa shape index (κ2) is 9.46. The third-order valence-electron chi connectivity index (χ3n) is 5.46. The van der Waals surface area contributed by atoms with Gasteiger partial charge >= 0.3 is 7.48 Å². The number of aromatic nitrogens is 1. The first kappa shape index (κ1) is 21.4. The van der Waals surface area contributed by atoms with E-state index in [1.54, 1.807) is 0 Å². The molecular formula is C21H23BHoN3O2. The first-order chi connectivity index (χ1) is 13.2. The van der Waals surface area contributed by atoms with E-state index in [1.807, 2.05) is 29.2 Å². The summed E-state index contributed by atoms with van der Waals surface area (Å²) in [6, 6.07) is 15.9. The van der Waals surface area contributed by atoms with Crippen molar-refractivity contribution >= 4 is 29.8 Å². The van der Waals surface area contributed by atoms with Crippen molar-refractivity contribution in [3.8, 4) is 0 Å². The van der Waals surface area contributed by atoms with Gasteiger partial charge in [0.15, 0.2) is 0 Å². The monoisotopic (exact) mass is 525 g/mol. The molecule has 1 fully saturated rings. The van der Waals surface area contributed by atoms with Gasteiger partial charge in [-0.3, -0.25) is 4.79 Å². The standard InChI is InChI=1S/C21H23BN3O2.Ho/c23-13-14-2-1-3-16(10-14)15-6-8-25(9-7-15)21(26)20-12-17-11-18(22-27)4-5-19(17)24-20;/h1-5,10-12,15,24,27H,6-9,13,23H2;. The first-order valence-electron chi connectivity index (χ1n) is 9.36. The normalized spacial score (nSPS) is 14.7. The Bertz CT molecular complexity index is 967. The fraction of sp³-hybridized carbons (Fsp3) is 0.286. The smallest absolute Gasteiger partial charge is 0.326 e. The van der Waals surface area contributed by atoms with Crippen molar-refractivity contribution in [2.75, 3.05) is 13.1 Å². The number of hydrogen-bond donors (Lipinski definition) is 3. The Balaban J connectivity index is 0.00000225. The number of benzene rings is 2. The van der Waals surface area contributed by atoms with Gasteiger partial charge in [0.25, 0.3) is 5.91 Å². The second-order valence-electron chi connectivity index (χ2n) is 7.17. The molecule has 1 aliphatic heterocycles. The van der Waals surface area contributed by atoms with Crippen molar-refractivity contribution < 1.29 is 47.6 Å². The van der Waals surface area contributed by atoms with Gasteiger partial charge in [-0.2, -0.15) is 0 Å². The van der Waals surface area contributed by atoms with Crippen LogP contribution >= 0.6 is 0 Å². The minimum absolute atomic E-state index is 0. The number of likely N-dealkylation sites (tertiary alicyclic amines) is 1. The van der Waals surface area contributed by atoms with Crippen LogP contribution in [0.15, 0.2) is 48.5 Å². The largest absolute Gasteiger partial charge is 0.450 e. The number of nitrogens with zero attached hydrogens (tertiary/aromatic N) is 1. The number of nitrogens with one attached hydrogen (secondary N) is 1.